The van der Waals surface area contributed by atoms with Crippen molar-refractivity contribution in [1.29, 1.82) is 0 Å². The molecule has 3 rings (SSSR count). The van der Waals surface area contributed by atoms with Crippen molar-refractivity contribution in [2.24, 2.45) is 0 Å². The molecule has 0 spiro atoms. The molecule has 0 bridgehead atoms. The van der Waals surface area contributed by atoms with Gasteiger partial charge in [-0.05, 0) is 11.4 Å². The van der Waals surface area contributed by atoms with Gasteiger partial charge in [0.1, 0.15) is 0 Å². The Hall–Kier alpha value is -2.22. The molecule has 0 aromatic carbocycles. The van der Waals surface area contributed by atoms with E-state index in [1.807, 2.05) is 17.5 Å². The normalized spacial score (nSPS) is 11.8. The van der Waals surface area contributed by atoms with E-state index in [-0.39, 0.29) is 40.8 Å². The van der Waals surface area contributed by atoms with Crippen LogP contribution < -0.4 is 5.32 Å². The van der Waals surface area contributed by atoms with Crippen molar-refractivity contribution in [3.63, 3.8) is 0 Å². The average molecular weight is 429 g/mol. The molecule has 0 radical (unpaired) electrons. The summed E-state index contributed by atoms with van der Waals surface area (Å²) in [4.78, 5) is 16.5. The molecule has 0 atom stereocenters. The smallest absolute Gasteiger partial charge is 0.272 e. The fourth-order valence-corrected chi connectivity index (χ4v) is 5.13. The fourth-order valence-electron chi connectivity index (χ4n) is 2.03. The molecule has 1 amide bonds. The number of aromatic nitrogens is 4. The van der Waals surface area contributed by atoms with Gasteiger partial charge in [-0.3, -0.25) is 4.79 Å². The topological polar surface area (TPSA) is 131 Å². The van der Waals surface area contributed by atoms with Crippen molar-refractivity contribution in [3.8, 4) is 10.7 Å². The molecule has 0 aliphatic heterocycles. The van der Waals surface area contributed by atoms with Crippen molar-refractivity contribution in [2.45, 2.75) is 31.2 Å². The lowest BCUT2D eigenvalue weighted by molar-refractivity contribution is -0.115. The molecule has 144 valence electrons. The number of hydrogen-bond acceptors (Lipinski definition) is 10. The molecule has 0 aliphatic rings. The Labute approximate surface area is 163 Å². The van der Waals surface area contributed by atoms with Gasteiger partial charge in [0.05, 0.1) is 11.4 Å². The zero-order valence-electron chi connectivity index (χ0n) is 14.4. The molecular weight excluding hydrogens is 412 g/mol. The number of thiophene rings is 1. The molecule has 0 unspecified atom stereocenters. The summed E-state index contributed by atoms with van der Waals surface area (Å²) >= 11 is 2.25. The van der Waals surface area contributed by atoms with E-state index >= 15 is 0 Å². The molecule has 1 N–H and O–H groups in total. The fraction of sp³-hybridized carbons (Fsp3) is 0.357. The summed E-state index contributed by atoms with van der Waals surface area (Å²) in [6.45, 7) is 3.46. The monoisotopic (exact) mass is 428 g/mol. The molecular formula is C14H16N6O4S3. The van der Waals surface area contributed by atoms with Gasteiger partial charge in [-0.25, -0.2) is 8.42 Å². The van der Waals surface area contributed by atoms with Crippen LogP contribution in [0.3, 0.4) is 0 Å². The quantitative estimate of drug-likeness (QED) is 0.540. The number of carbonyl (C=O) groups excluding carboxylic acids is 1. The number of sulfonamides is 1. The van der Waals surface area contributed by atoms with Crippen molar-refractivity contribution in [2.75, 3.05) is 11.9 Å². The number of rotatable bonds is 8. The summed E-state index contributed by atoms with van der Waals surface area (Å²) in [5.74, 6) is 0.316. The van der Waals surface area contributed by atoms with E-state index < -0.39 is 10.0 Å². The third kappa shape index (κ3) is 4.37. The van der Waals surface area contributed by atoms with Gasteiger partial charge in [0.15, 0.2) is 0 Å². The maximum absolute atomic E-state index is 12.8. The highest BCUT2D eigenvalue weighted by Gasteiger charge is 2.29. The van der Waals surface area contributed by atoms with Gasteiger partial charge in [0.2, 0.25) is 27.1 Å². The van der Waals surface area contributed by atoms with Gasteiger partial charge < -0.3 is 9.84 Å². The molecule has 3 aromatic rings. The Kier molecular flexibility index (Phi) is 5.94. The average Bonchev–Trinajstić information content (AvgIpc) is 3.39. The first kappa shape index (κ1) is 19.5. The van der Waals surface area contributed by atoms with Crippen LogP contribution >= 0.6 is 22.7 Å². The molecule has 3 aromatic heterocycles. The second-order valence-corrected chi connectivity index (χ2v) is 9.23. The lowest BCUT2D eigenvalue weighted by atomic mass is 10.4. The van der Waals surface area contributed by atoms with Gasteiger partial charge in [0, 0.05) is 13.0 Å². The van der Waals surface area contributed by atoms with Crippen LogP contribution in [0, 0.1) is 0 Å². The largest absolute Gasteiger partial charge is 0.337 e. The van der Waals surface area contributed by atoms with Crippen molar-refractivity contribution in [1.82, 2.24) is 24.6 Å². The van der Waals surface area contributed by atoms with Crippen LogP contribution in [0.5, 0.6) is 0 Å². The summed E-state index contributed by atoms with van der Waals surface area (Å²) in [6.07, 6.45) is 0.256. The standard InChI is InChI=1S/C14H16N6O4S3/c1-3-10(21)15-13-17-18-14(26-13)27(22,23)20(4-2)8-11-16-12(19-24-11)9-6-5-7-25-9/h5-7H,3-4,8H2,1-2H3,(H,15,17,21). The zero-order chi connectivity index (χ0) is 19.4. The van der Waals surface area contributed by atoms with Gasteiger partial charge in [-0.2, -0.15) is 9.29 Å². The third-order valence-corrected chi connectivity index (χ3v) is 7.38. The molecule has 0 aliphatic carbocycles. The molecule has 0 fully saturated rings. The lowest BCUT2D eigenvalue weighted by Crippen LogP contribution is -2.30. The predicted octanol–water partition coefficient (Wildman–Crippen LogP) is 2.21. The summed E-state index contributed by atoms with van der Waals surface area (Å²) < 4.78 is 31.7. The Balaban J connectivity index is 1.77. The third-order valence-electron chi connectivity index (χ3n) is 3.41. The minimum Gasteiger partial charge on any atom is -0.337 e. The molecule has 13 heteroatoms. The first-order valence-corrected chi connectivity index (χ1v) is 11.1. The van der Waals surface area contributed by atoms with Gasteiger partial charge in [-0.15, -0.1) is 21.5 Å². The summed E-state index contributed by atoms with van der Waals surface area (Å²) in [7, 11) is -3.91. The second kappa shape index (κ2) is 8.21. The Morgan fingerprint density at radius 1 is 1.33 bits per heavy atom. The molecule has 3 heterocycles. The first-order chi connectivity index (χ1) is 12.9. The van der Waals surface area contributed by atoms with Gasteiger partial charge >= 0.3 is 0 Å². The molecule has 10 nitrogen and oxygen atoms in total. The lowest BCUT2D eigenvalue weighted by Gasteiger charge is -2.15. The van der Waals surface area contributed by atoms with Crippen LogP contribution in [0.4, 0.5) is 5.13 Å². The van der Waals surface area contributed by atoms with E-state index in [0.717, 1.165) is 20.5 Å². The van der Waals surface area contributed by atoms with Gasteiger partial charge in [-0.1, -0.05) is 36.4 Å². The maximum atomic E-state index is 12.8. The molecule has 27 heavy (non-hydrogen) atoms. The minimum atomic E-state index is -3.91. The van der Waals surface area contributed by atoms with Crippen LogP contribution in [0.1, 0.15) is 26.2 Å². The van der Waals surface area contributed by atoms with Crippen LogP contribution in [-0.4, -0.2) is 45.5 Å². The van der Waals surface area contributed by atoms with E-state index in [1.165, 1.54) is 11.3 Å². The van der Waals surface area contributed by atoms with Crippen LogP contribution in [-0.2, 0) is 21.4 Å². The minimum absolute atomic E-state index is 0.0898. The molecule has 0 saturated heterocycles. The predicted molar refractivity (Wildman–Crippen MR) is 99.7 cm³/mol. The highest BCUT2D eigenvalue weighted by molar-refractivity contribution is 7.91. The van der Waals surface area contributed by atoms with Crippen molar-refractivity contribution >= 4 is 43.7 Å². The number of amides is 1. The van der Waals surface area contributed by atoms with Crippen molar-refractivity contribution < 1.29 is 17.7 Å². The first-order valence-electron chi connectivity index (χ1n) is 7.94. The summed E-state index contributed by atoms with van der Waals surface area (Å²) in [5, 5.41) is 15.8. The number of anilines is 1. The maximum Gasteiger partial charge on any atom is 0.272 e. The van der Waals surface area contributed by atoms with E-state index in [2.05, 4.69) is 25.7 Å². The van der Waals surface area contributed by atoms with Gasteiger partial charge in [0.25, 0.3) is 10.0 Å². The Morgan fingerprint density at radius 2 is 2.15 bits per heavy atom. The zero-order valence-corrected chi connectivity index (χ0v) is 16.9. The number of nitrogens with one attached hydrogen (secondary N) is 1. The Bertz CT molecular complexity index is 1010. The number of hydrogen-bond donors (Lipinski definition) is 1. The van der Waals surface area contributed by atoms with E-state index in [0.29, 0.717) is 5.82 Å². The summed E-state index contributed by atoms with van der Waals surface area (Å²) in [6, 6.07) is 3.71. The van der Waals surface area contributed by atoms with Crippen LogP contribution in [0.25, 0.3) is 10.7 Å². The SMILES string of the molecule is CCC(=O)Nc1nnc(S(=O)(=O)N(CC)Cc2nc(-c3cccs3)no2)s1. The Morgan fingerprint density at radius 3 is 2.81 bits per heavy atom. The number of nitrogens with zero attached hydrogens (tertiary/aromatic N) is 5. The highest BCUT2D eigenvalue weighted by Crippen LogP contribution is 2.25. The molecule has 0 saturated carbocycles. The van der Waals surface area contributed by atoms with Crippen LogP contribution in [0.2, 0.25) is 0 Å². The van der Waals surface area contributed by atoms with E-state index in [1.54, 1.807) is 13.8 Å². The van der Waals surface area contributed by atoms with E-state index in [9.17, 15) is 13.2 Å². The van der Waals surface area contributed by atoms with Crippen molar-refractivity contribution in [3.05, 3.63) is 23.4 Å². The van der Waals surface area contributed by atoms with Crippen LogP contribution in [0.15, 0.2) is 26.4 Å². The summed E-state index contributed by atoms with van der Waals surface area (Å²) in [5.41, 5.74) is 0. The highest BCUT2D eigenvalue weighted by atomic mass is 32.2. The van der Waals surface area contributed by atoms with E-state index in [4.69, 9.17) is 4.52 Å². The number of carbonyl (C=O) groups is 1. The second-order valence-electron chi connectivity index (χ2n) is 5.20.